The molecule has 0 fully saturated rings. The van der Waals surface area contributed by atoms with E-state index in [0.29, 0.717) is 5.75 Å². The predicted octanol–water partition coefficient (Wildman–Crippen LogP) is 7.46. The standard InChI is InChI=1S/C27H24O4S/c1-27(2,3)19-9-7-18(8-10-19)26-25(22-14-11-20(28)16-23(22)32-26)31-21-12-4-17(5-13-21)6-15-24(29)30/h4-16,28H,1-3H3,(H,29,30)/b15-6+. The summed E-state index contributed by atoms with van der Waals surface area (Å²) in [6, 6.07) is 21.0. The monoisotopic (exact) mass is 444 g/mol. The summed E-state index contributed by atoms with van der Waals surface area (Å²) in [5.41, 5.74) is 3.15. The Morgan fingerprint density at radius 3 is 2.28 bits per heavy atom. The molecule has 1 aromatic heterocycles. The summed E-state index contributed by atoms with van der Waals surface area (Å²) < 4.78 is 7.26. The molecule has 0 saturated heterocycles. The Kier molecular flexibility index (Phi) is 5.76. The number of hydrogen-bond acceptors (Lipinski definition) is 4. The molecule has 4 nitrogen and oxygen atoms in total. The zero-order valence-electron chi connectivity index (χ0n) is 18.1. The van der Waals surface area contributed by atoms with E-state index in [1.165, 1.54) is 11.6 Å². The molecule has 0 spiro atoms. The second-order valence-corrected chi connectivity index (χ2v) is 9.66. The van der Waals surface area contributed by atoms with Gasteiger partial charge in [0.05, 0.1) is 4.88 Å². The van der Waals surface area contributed by atoms with Crippen molar-refractivity contribution in [3.63, 3.8) is 0 Å². The molecular formula is C27H24O4S. The van der Waals surface area contributed by atoms with Gasteiger partial charge in [-0.25, -0.2) is 4.79 Å². The number of benzene rings is 3. The van der Waals surface area contributed by atoms with E-state index in [2.05, 4.69) is 45.0 Å². The van der Waals surface area contributed by atoms with Gasteiger partial charge in [-0.2, -0.15) is 0 Å². The first-order valence-electron chi connectivity index (χ1n) is 10.3. The van der Waals surface area contributed by atoms with Gasteiger partial charge in [-0.05, 0) is 58.5 Å². The fourth-order valence-corrected chi connectivity index (χ4v) is 4.58. The number of ether oxygens (including phenoxy) is 1. The molecular weight excluding hydrogens is 420 g/mol. The van der Waals surface area contributed by atoms with Crippen LogP contribution in [-0.2, 0) is 10.2 Å². The van der Waals surface area contributed by atoms with Gasteiger partial charge in [0.15, 0.2) is 5.75 Å². The summed E-state index contributed by atoms with van der Waals surface area (Å²) in [6.45, 7) is 6.57. The molecule has 1 heterocycles. The molecule has 0 amide bonds. The number of fused-ring (bicyclic) bond motifs is 1. The Morgan fingerprint density at radius 2 is 1.66 bits per heavy atom. The van der Waals surface area contributed by atoms with Gasteiger partial charge in [0.2, 0.25) is 0 Å². The van der Waals surface area contributed by atoms with Crippen LogP contribution in [0.3, 0.4) is 0 Å². The third-order valence-corrected chi connectivity index (χ3v) is 6.34. The Morgan fingerprint density at radius 1 is 0.969 bits per heavy atom. The number of aliphatic carboxylic acids is 1. The molecule has 0 aliphatic carbocycles. The van der Waals surface area contributed by atoms with Crippen molar-refractivity contribution in [2.45, 2.75) is 26.2 Å². The van der Waals surface area contributed by atoms with Crippen LogP contribution in [0.1, 0.15) is 31.9 Å². The number of carboxylic acids is 1. The van der Waals surface area contributed by atoms with E-state index in [-0.39, 0.29) is 11.2 Å². The van der Waals surface area contributed by atoms with Gasteiger partial charge in [0.1, 0.15) is 11.5 Å². The highest BCUT2D eigenvalue weighted by molar-refractivity contribution is 7.22. The predicted molar refractivity (Wildman–Crippen MR) is 131 cm³/mol. The smallest absolute Gasteiger partial charge is 0.328 e. The van der Waals surface area contributed by atoms with E-state index >= 15 is 0 Å². The number of phenolic OH excluding ortho intramolecular Hbond substituents is 1. The van der Waals surface area contributed by atoms with Crippen LogP contribution < -0.4 is 4.74 Å². The topological polar surface area (TPSA) is 66.8 Å². The highest BCUT2D eigenvalue weighted by atomic mass is 32.1. The van der Waals surface area contributed by atoms with Crippen molar-refractivity contribution in [1.29, 1.82) is 0 Å². The minimum Gasteiger partial charge on any atom is -0.508 e. The second-order valence-electron chi connectivity index (χ2n) is 8.61. The molecule has 0 aliphatic rings. The number of carboxylic acid groups (broad SMARTS) is 1. The molecule has 0 saturated carbocycles. The number of carbonyl (C=O) groups is 1. The summed E-state index contributed by atoms with van der Waals surface area (Å²) in [5, 5.41) is 19.7. The summed E-state index contributed by atoms with van der Waals surface area (Å²) in [5.74, 6) is 0.620. The van der Waals surface area contributed by atoms with Gasteiger partial charge in [0, 0.05) is 16.2 Å². The van der Waals surface area contributed by atoms with E-state index in [4.69, 9.17) is 9.84 Å². The molecule has 0 aliphatic heterocycles. The zero-order valence-corrected chi connectivity index (χ0v) is 18.9. The van der Waals surface area contributed by atoms with E-state index in [1.807, 2.05) is 30.3 Å². The van der Waals surface area contributed by atoms with Crippen LogP contribution in [0, 0.1) is 0 Å². The summed E-state index contributed by atoms with van der Waals surface area (Å²) in [6.07, 6.45) is 2.64. The molecule has 162 valence electrons. The van der Waals surface area contributed by atoms with Gasteiger partial charge in [-0.15, -0.1) is 11.3 Å². The zero-order chi connectivity index (χ0) is 22.9. The van der Waals surface area contributed by atoms with Crippen molar-refractivity contribution in [2.75, 3.05) is 0 Å². The Balaban J connectivity index is 1.74. The molecule has 0 radical (unpaired) electrons. The number of rotatable bonds is 5. The minimum atomic E-state index is -0.986. The summed E-state index contributed by atoms with van der Waals surface area (Å²) in [7, 11) is 0. The Labute approximate surface area is 191 Å². The fourth-order valence-electron chi connectivity index (χ4n) is 3.41. The van der Waals surface area contributed by atoms with E-state index in [9.17, 15) is 9.90 Å². The van der Waals surface area contributed by atoms with Crippen LogP contribution in [0.2, 0.25) is 0 Å². The lowest BCUT2D eigenvalue weighted by atomic mass is 9.86. The Hall–Kier alpha value is -3.57. The van der Waals surface area contributed by atoms with Crippen LogP contribution in [0.25, 0.3) is 26.6 Å². The highest BCUT2D eigenvalue weighted by Crippen LogP contribution is 2.47. The van der Waals surface area contributed by atoms with Crippen LogP contribution >= 0.6 is 11.3 Å². The molecule has 0 atom stereocenters. The van der Waals surface area contributed by atoms with Crippen LogP contribution in [-0.4, -0.2) is 16.2 Å². The first-order valence-corrected chi connectivity index (χ1v) is 11.1. The van der Waals surface area contributed by atoms with Gasteiger partial charge >= 0.3 is 5.97 Å². The van der Waals surface area contributed by atoms with Gasteiger partial charge < -0.3 is 14.9 Å². The average molecular weight is 445 g/mol. The normalized spacial score (nSPS) is 11.8. The average Bonchev–Trinajstić information content (AvgIpc) is 3.10. The maximum absolute atomic E-state index is 10.7. The third-order valence-electron chi connectivity index (χ3n) is 5.16. The molecule has 0 bridgehead atoms. The van der Waals surface area contributed by atoms with Crippen molar-refractivity contribution in [3.05, 3.63) is 83.9 Å². The van der Waals surface area contributed by atoms with Crippen molar-refractivity contribution >= 4 is 33.5 Å². The second kappa shape index (κ2) is 8.52. The van der Waals surface area contributed by atoms with Gasteiger partial charge in [-0.1, -0.05) is 57.2 Å². The molecule has 4 rings (SSSR count). The number of aromatic hydroxyl groups is 1. The van der Waals surface area contributed by atoms with Crippen LogP contribution in [0.4, 0.5) is 0 Å². The first-order chi connectivity index (χ1) is 15.2. The molecule has 4 aromatic rings. The van der Waals surface area contributed by atoms with Crippen molar-refractivity contribution < 1.29 is 19.7 Å². The summed E-state index contributed by atoms with van der Waals surface area (Å²) >= 11 is 1.58. The van der Waals surface area contributed by atoms with Gasteiger partial charge in [0.25, 0.3) is 0 Å². The van der Waals surface area contributed by atoms with Gasteiger partial charge in [-0.3, -0.25) is 0 Å². The van der Waals surface area contributed by atoms with E-state index < -0.39 is 5.97 Å². The lowest BCUT2D eigenvalue weighted by Crippen LogP contribution is -2.10. The lowest BCUT2D eigenvalue weighted by molar-refractivity contribution is -0.131. The number of thiophene rings is 1. The van der Waals surface area contributed by atoms with Crippen molar-refractivity contribution in [3.8, 4) is 27.7 Å². The van der Waals surface area contributed by atoms with Crippen LogP contribution in [0.15, 0.2) is 72.8 Å². The molecule has 2 N–H and O–H groups in total. The largest absolute Gasteiger partial charge is 0.508 e. The maximum atomic E-state index is 10.7. The quantitative estimate of drug-likeness (QED) is 0.314. The Bertz CT molecular complexity index is 1290. The van der Waals surface area contributed by atoms with Crippen molar-refractivity contribution in [1.82, 2.24) is 0 Å². The third kappa shape index (κ3) is 4.68. The van der Waals surface area contributed by atoms with Crippen LogP contribution in [0.5, 0.6) is 17.2 Å². The maximum Gasteiger partial charge on any atom is 0.328 e. The molecule has 32 heavy (non-hydrogen) atoms. The summed E-state index contributed by atoms with van der Waals surface area (Å²) in [4.78, 5) is 11.7. The molecule has 3 aromatic carbocycles. The fraction of sp³-hybridized carbons (Fsp3) is 0.148. The SMILES string of the molecule is CC(C)(C)c1ccc(-c2sc3cc(O)ccc3c2Oc2ccc(/C=C/C(=O)O)cc2)cc1. The molecule has 5 heteroatoms. The molecule has 0 unspecified atom stereocenters. The number of phenols is 1. The van der Waals surface area contributed by atoms with Crippen molar-refractivity contribution in [2.24, 2.45) is 0 Å². The minimum absolute atomic E-state index is 0.0701. The first kappa shape index (κ1) is 21.7. The highest BCUT2D eigenvalue weighted by Gasteiger charge is 2.18. The number of hydrogen-bond donors (Lipinski definition) is 2. The van der Waals surface area contributed by atoms with E-state index in [0.717, 1.165) is 37.9 Å². The van der Waals surface area contributed by atoms with E-state index in [1.54, 1.807) is 23.5 Å². The lowest BCUT2D eigenvalue weighted by Gasteiger charge is -2.19.